The SMILES string of the molecule is CCN(CC(=O)NC1CCCC1)c1ccccc1. The van der Waals surface area contributed by atoms with Crippen molar-refractivity contribution < 1.29 is 4.79 Å². The van der Waals surface area contributed by atoms with Crippen LogP contribution in [0.5, 0.6) is 0 Å². The van der Waals surface area contributed by atoms with Crippen molar-refractivity contribution in [2.24, 2.45) is 0 Å². The molecular formula is C15H22N2O. The molecule has 0 heterocycles. The Labute approximate surface area is 109 Å². The topological polar surface area (TPSA) is 32.3 Å². The molecule has 2 rings (SSSR count). The van der Waals surface area contributed by atoms with Gasteiger partial charge in [0.2, 0.25) is 5.91 Å². The summed E-state index contributed by atoms with van der Waals surface area (Å²) in [5.74, 6) is 0.146. The predicted octanol–water partition coefficient (Wildman–Crippen LogP) is 2.57. The largest absolute Gasteiger partial charge is 0.363 e. The number of amides is 1. The van der Waals surface area contributed by atoms with E-state index in [4.69, 9.17) is 0 Å². The summed E-state index contributed by atoms with van der Waals surface area (Å²) in [5.41, 5.74) is 1.11. The van der Waals surface area contributed by atoms with Crippen molar-refractivity contribution in [1.29, 1.82) is 0 Å². The number of anilines is 1. The van der Waals surface area contributed by atoms with Crippen LogP contribution in [0.4, 0.5) is 5.69 Å². The van der Waals surface area contributed by atoms with Gasteiger partial charge in [0.1, 0.15) is 0 Å². The molecule has 18 heavy (non-hydrogen) atoms. The van der Waals surface area contributed by atoms with Gasteiger partial charge in [0.05, 0.1) is 6.54 Å². The van der Waals surface area contributed by atoms with E-state index in [2.05, 4.69) is 17.1 Å². The van der Waals surface area contributed by atoms with Gasteiger partial charge in [0.25, 0.3) is 0 Å². The van der Waals surface area contributed by atoms with Crippen LogP contribution in [0, 0.1) is 0 Å². The second kappa shape index (κ2) is 6.43. The molecule has 1 aromatic rings. The van der Waals surface area contributed by atoms with Crippen LogP contribution < -0.4 is 10.2 Å². The van der Waals surface area contributed by atoms with E-state index in [1.165, 1.54) is 12.8 Å². The summed E-state index contributed by atoms with van der Waals surface area (Å²) in [5, 5.41) is 3.13. The maximum absolute atomic E-state index is 12.0. The van der Waals surface area contributed by atoms with Crippen molar-refractivity contribution in [3.63, 3.8) is 0 Å². The van der Waals surface area contributed by atoms with Gasteiger partial charge in [-0.15, -0.1) is 0 Å². The van der Waals surface area contributed by atoms with Crippen LogP contribution in [0.1, 0.15) is 32.6 Å². The summed E-state index contributed by atoms with van der Waals surface area (Å²) in [6.45, 7) is 3.38. The molecule has 1 fully saturated rings. The van der Waals surface area contributed by atoms with E-state index >= 15 is 0 Å². The monoisotopic (exact) mass is 246 g/mol. The molecule has 0 aromatic heterocycles. The number of carbonyl (C=O) groups is 1. The molecular weight excluding hydrogens is 224 g/mol. The van der Waals surface area contributed by atoms with Gasteiger partial charge < -0.3 is 10.2 Å². The molecule has 0 bridgehead atoms. The Morgan fingerprint density at radius 2 is 1.94 bits per heavy atom. The molecule has 1 aliphatic rings. The zero-order chi connectivity index (χ0) is 12.8. The molecule has 1 aromatic carbocycles. The Bertz CT molecular complexity index is 371. The molecule has 0 spiro atoms. The first-order valence-electron chi connectivity index (χ1n) is 6.89. The van der Waals surface area contributed by atoms with Crippen molar-refractivity contribution >= 4 is 11.6 Å². The number of carbonyl (C=O) groups excluding carboxylic acids is 1. The summed E-state index contributed by atoms with van der Waals surface area (Å²) in [6, 6.07) is 10.5. The maximum atomic E-state index is 12.0. The molecule has 0 radical (unpaired) electrons. The molecule has 0 atom stereocenters. The lowest BCUT2D eigenvalue weighted by Crippen LogP contribution is -2.41. The average Bonchev–Trinajstić information content (AvgIpc) is 2.90. The minimum absolute atomic E-state index is 0.146. The second-order valence-corrected chi connectivity index (χ2v) is 4.90. The van der Waals surface area contributed by atoms with Crippen LogP contribution in [-0.2, 0) is 4.79 Å². The highest BCUT2D eigenvalue weighted by Gasteiger charge is 2.18. The lowest BCUT2D eigenvalue weighted by atomic mass is 10.2. The van der Waals surface area contributed by atoms with E-state index in [9.17, 15) is 4.79 Å². The van der Waals surface area contributed by atoms with Crippen LogP contribution >= 0.6 is 0 Å². The van der Waals surface area contributed by atoms with Gasteiger partial charge in [0, 0.05) is 18.3 Å². The Kier molecular flexibility index (Phi) is 4.62. The van der Waals surface area contributed by atoms with Gasteiger partial charge in [-0.3, -0.25) is 4.79 Å². The highest BCUT2D eigenvalue weighted by atomic mass is 16.2. The number of rotatable bonds is 5. The van der Waals surface area contributed by atoms with E-state index in [1.807, 2.05) is 30.3 Å². The first-order chi connectivity index (χ1) is 8.79. The molecule has 1 aliphatic carbocycles. The number of hydrogen-bond acceptors (Lipinski definition) is 2. The summed E-state index contributed by atoms with van der Waals surface area (Å²) in [7, 11) is 0. The van der Waals surface area contributed by atoms with Crippen LogP contribution in [0.15, 0.2) is 30.3 Å². The molecule has 0 aliphatic heterocycles. The number of likely N-dealkylation sites (N-methyl/N-ethyl adjacent to an activating group) is 1. The van der Waals surface area contributed by atoms with Gasteiger partial charge in [-0.2, -0.15) is 0 Å². The molecule has 98 valence electrons. The Morgan fingerprint density at radius 3 is 2.56 bits per heavy atom. The molecule has 0 unspecified atom stereocenters. The van der Waals surface area contributed by atoms with Crippen LogP contribution in [0.25, 0.3) is 0 Å². The normalized spacial score (nSPS) is 15.6. The first-order valence-corrected chi connectivity index (χ1v) is 6.89. The van der Waals surface area contributed by atoms with Gasteiger partial charge >= 0.3 is 0 Å². The zero-order valence-corrected chi connectivity index (χ0v) is 11.1. The summed E-state index contributed by atoms with van der Waals surface area (Å²) in [4.78, 5) is 14.1. The molecule has 3 heteroatoms. The minimum atomic E-state index is 0.146. The van der Waals surface area contributed by atoms with Gasteiger partial charge in [0.15, 0.2) is 0 Å². The number of nitrogens with one attached hydrogen (secondary N) is 1. The standard InChI is InChI=1S/C15H22N2O/c1-2-17(14-10-4-3-5-11-14)12-15(18)16-13-8-6-7-9-13/h3-5,10-11,13H,2,6-9,12H2,1H3,(H,16,18). The molecule has 3 nitrogen and oxygen atoms in total. The zero-order valence-electron chi connectivity index (χ0n) is 11.1. The van der Waals surface area contributed by atoms with Crippen LogP contribution in [0.2, 0.25) is 0 Å². The van der Waals surface area contributed by atoms with Crippen LogP contribution in [-0.4, -0.2) is 25.0 Å². The van der Waals surface area contributed by atoms with Gasteiger partial charge in [-0.05, 0) is 31.9 Å². The summed E-state index contributed by atoms with van der Waals surface area (Å²) >= 11 is 0. The number of hydrogen-bond donors (Lipinski definition) is 1. The fourth-order valence-electron chi connectivity index (χ4n) is 2.54. The Morgan fingerprint density at radius 1 is 1.28 bits per heavy atom. The Balaban J connectivity index is 1.87. The third-order valence-corrected chi connectivity index (χ3v) is 3.56. The lowest BCUT2D eigenvalue weighted by Gasteiger charge is -2.23. The van der Waals surface area contributed by atoms with Gasteiger partial charge in [-0.1, -0.05) is 31.0 Å². The highest BCUT2D eigenvalue weighted by Crippen LogP contribution is 2.18. The second-order valence-electron chi connectivity index (χ2n) is 4.90. The molecule has 0 saturated heterocycles. The van der Waals surface area contributed by atoms with Crippen molar-refractivity contribution in [1.82, 2.24) is 5.32 Å². The lowest BCUT2D eigenvalue weighted by molar-refractivity contribution is -0.120. The summed E-state index contributed by atoms with van der Waals surface area (Å²) in [6.07, 6.45) is 4.79. The quantitative estimate of drug-likeness (QED) is 0.866. The minimum Gasteiger partial charge on any atom is -0.363 e. The highest BCUT2D eigenvalue weighted by molar-refractivity contribution is 5.81. The van der Waals surface area contributed by atoms with Crippen molar-refractivity contribution in [3.05, 3.63) is 30.3 Å². The Hall–Kier alpha value is -1.51. The number of nitrogens with zero attached hydrogens (tertiary/aromatic N) is 1. The smallest absolute Gasteiger partial charge is 0.239 e. The average molecular weight is 246 g/mol. The fourth-order valence-corrected chi connectivity index (χ4v) is 2.54. The van der Waals surface area contributed by atoms with Crippen molar-refractivity contribution in [2.75, 3.05) is 18.0 Å². The van der Waals surface area contributed by atoms with E-state index in [0.29, 0.717) is 12.6 Å². The van der Waals surface area contributed by atoms with Crippen LogP contribution in [0.3, 0.4) is 0 Å². The number of benzene rings is 1. The van der Waals surface area contributed by atoms with E-state index in [1.54, 1.807) is 0 Å². The van der Waals surface area contributed by atoms with E-state index in [-0.39, 0.29) is 5.91 Å². The van der Waals surface area contributed by atoms with Gasteiger partial charge in [-0.25, -0.2) is 0 Å². The van der Waals surface area contributed by atoms with E-state index < -0.39 is 0 Å². The number of para-hydroxylation sites is 1. The first kappa shape index (κ1) is 12.9. The third-order valence-electron chi connectivity index (χ3n) is 3.56. The van der Waals surface area contributed by atoms with Crippen molar-refractivity contribution in [2.45, 2.75) is 38.6 Å². The maximum Gasteiger partial charge on any atom is 0.239 e. The summed E-state index contributed by atoms with van der Waals surface area (Å²) < 4.78 is 0. The molecule has 1 saturated carbocycles. The third kappa shape index (κ3) is 3.49. The molecule has 1 N–H and O–H groups in total. The van der Waals surface area contributed by atoms with E-state index in [0.717, 1.165) is 25.1 Å². The predicted molar refractivity (Wildman–Crippen MR) is 74.7 cm³/mol. The van der Waals surface area contributed by atoms with Crippen molar-refractivity contribution in [3.8, 4) is 0 Å². The molecule has 1 amide bonds. The fraction of sp³-hybridized carbons (Fsp3) is 0.533.